The van der Waals surface area contributed by atoms with Gasteiger partial charge in [-0.05, 0) is 54.9 Å². The predicted octanol–water partition coefficient (Wildman–Crippen LogP) is 6.02. The van der Waals surface area contributed by atoms with Crippen molar-refractivity contribution in [2.24, 2.45) is 0 Å². The highest BCUT2D eigenvalue weighted by atomic mass is 79.9. The number of benzene rings is 2. The van der Waals surface area contributed by atoms with E-state index < -0.39 is 0 Å². The van der Waals surface area contributed by atoms with E-state index in [9.17, 15) is 0 Å². The van der Waals surface area contributed by atoms with Crippen LogP contribution in [0, 0.1) is 0 Å². The molecule has 0 spiro atoms. The normalized spacial score (nSPS) is 12.4. The van der Waals surface area contributed by atoms with Crippen molar-refractivity contribution in [1.29, 1.82) is 0 Å². The van der Waals surface area contributed by atoms with Gasteiger partial charge in [0.2, 0.25) is 0 Å². The Morgan fingerprint density at radius 2 is 1.65 bits per heavy atom. The smallest absolute Gasteiger partial charge is 0.0454 e. The average molecular weight is 438 g/mol. The van der Waals surface area contributed by atoms with Gasteiger partial charge in [0.15, 0.2) is 0 Å². The highest BCUT2D eigenvalue weighted by Crippen LogP contribution is 2.31. The number of rotatable bonds is 4. The van der Waals surface area contributed by atoms with Gasteiger partial charge in [0.05, 0.1) is 0 Å². The molecule has 0 aliphatic rings. The van der Waals surface area contributed by atoms with Gasteiger partial charge >= 0.3 is 0 Å². The van der Waals surface area contributed by atoms with Crippen molar-refractivity contribution in [3.8, 4) is 0 Å². The molecule has 5 heteroatoms. The molecule has 106 valence electrons. The van der Waals surface area contributed by atoms with E-state index in [0.29, 0.717) is 0 Å². The fourth-order valence-corrected chi connectivity index (χ4v) is 3.43. The molecule has 0 heterocycles. The molecule has 1 N–H and O–H groups in total. The fraction of sp³-hybridized carbons (Fsp3) is 0.200. The largest absolute Gasteiger partial charge is 0.313 e. The van der Waals surface area contributed by atoms with Crippen LogP contribution in [-0.2, 0) is 6.42 Å². The third kappa shape index (κ3) is 3.99. The molecular formula is C15H13Br2Cl2N. The Morgan fingerprint density at radius 3 is 2.30 bits per heavy atom. The van der Waals surface area contributed by atoms with E-state index in [4.69, 9.17) is 23.2 Å². The van der Waals surface area contributed by atoms with Crippen molar-refractivity contribution in [1.82, 2.24) is 5.32 Å². The molecule has 2 aromatic carbocycles. The number of halogens is 4. The van der Waals surface area contributed by atoms with Crippen molar-refractivity contribution in [2.75, 3.05) is 7.05 Å². The third-order valence-electron chi connectivity index (χ3n) is 3.12. The Bertz CT molecular complexity index is 617. The molecule has 0 fully saturated rings. The second-order valence-corrected chi connectivity index (χ2v) is 7.09. The first-order valence-corrected chi connectivity index (χ1v) is 8.41. The van der Waals surface area contributed by atoms with Gasteiger partial charge in [-0.2, -0.15) is 0 Å². The van der Waals surface area contributed by atoms with Crippen LogP contribution in [-0.4, -0.2) is 7.05 Å². The van der Waals surface area contributed by atoms with Gasteiger partial charge in [-0.25, -0.2) is 0 Å². The predicted molar refractivity (Wildman–Crippen MR) is 93.8 cm³/mol. The summed E-state index contributed by atoms with van der Waals surface area (Å²) in [5.74, 6) is 0. The first-order valence-electron chi connectivity index (χ1n) is 6.07. The first-order chi connectivity index (χ1) is 9.51. The van der Waals surface area contributed by atoms with Crippen LogP contribution in [0.2, 0.25) is 10.0 Å². The third-order valence-corrected chi connectivity index (χ3v) is 4.80. The van der Waals surface area contributed by atoms with Crippen LogP contribution in [0.15, 0.2) is 45.3 Å². The Balaban J connectivity index is 2.31. The van der Waals surface area contributed by atoms with E-state index >= 15 is 0 Å². The van der Waals surface area contributed by atoms with Gasteiger partial charge in [-0.15, -0.1) is 0 Å². The Hall–Kier alpha value is -0.0600. The van der Waals surface area contributed by atoms with E-state index in [2.05, 4.69) is 37.2 Å². The molecule has 0 radical (unpaired) electrons. The molecule has 2 aromatic rings. The van der Waals surface area contributed by atoms with Crippen molar-refractivity contribution >= 4 is 55.1 Å². The van der Waals surface area contributed by atoms with E-state index in [1.54, 1.807) is 0 Å². The van der Waals surface area contributed by atoms with Crippen LogP contribution < -0.4 is 5.32 Å². The minimum Gasteiger partial charge on any atom is -0.313 e. The monoisotopic (exact) mass is 435 g/mol. The van der Waals surface area contributed by atoms with E-state index in [-0.39, 0.29) is 6.04 Å². The summed E-state index contributed by atoms with van der Waals surface area (Å²) >= 11 is 19.5. The van der Waals surface area contributed by atoms with Crippen LogP contribution in [0.1, 0.15) is 17.2 Å². The lowest BCUT2D eigenvalue weighted by Gasteiger charge is -2.19. The van der Waals surface area contributed by atoms with Gasteiger partial charge in [0, 0.05) is 25.0 Å². The Labute approximate surface area is 145 Å². The molecule has 2 rings (SSSR count). The van der Waals surface area contributed by atoms with Crippen LogP contribution in [0.25, 0.3) is 0 Å². The minimum absolute atomic E-state index is 0.110. The topological polar surface area (TPSA) is 12.0 Å². The van der Waals surface area contributed by atoms with Gasteiger partial charge in [-0.1, -0.05) is 61.1 Å². The number of likely N-dealkylation sites (N-methyl/N-ethyl adjacent to an activating group) is 1. The first kappa shape index (κ1) is 16.3. The highest BCUT2D eigenvalue weighted by molar-refractivity contribution is 9.10. The lowest BCUT2D eigenvalue weighted by molar-refractivity contribution is 0.592. The van der Waals surface area contributed by atoms with Gasteiger partial charge in [0.1, 0.15) is 0 Å². The number of hydrogen-bond acceptors (Lipinski definition) is 1. The quantitative estimate of drug-likeness (QED) is 0.616. The molecule has 0 aliphatic carbocycles. The average Bonchev–Trinajstić information content (AvgIpc) is 2.41. The zero-order valence-corrected chi connectivity index (χ0v) is 15.4. The summed E-state index contributed by atoms with van der Waals surface area (Å²) < 4.78 is 1.99. The molecule has 0 aromatic heterocycles. The zero-order valence-electron chi connectivity index (χ0n) is 10.8. The van der Waals surface area contributed by atoms with E-state index in [1.807, 2.05) is 43.4 Å². The summed E-state index contributed by atoms with van der Waals surface area (Å²) in [6.45, 7) is 0. The molecule has 1 atom stereocenters. The second kappa shape index (κ2) is 7.28. The fourth-order valence-electron chi connectivity index (χ4n) is 2.06. The highest BCUT2D eigenvalue weighted by Gasteiger charge is 2.15. The molecule has 20 heavy (non-hydrogen) atoms. The summed E-state index contributed by atoms with van der Waals surface area (Å²) in [4.78, 5) is 0. The maximum atomic E-state index is 6.30. The Morgan fingerprint density at radius 1 is 1.00 bits per heavy atom. The molecule has 0 amide bonds. The molecule has 0 saturated heterocycles. The van der Waals surface area contributed by atoms with Crippen LogP contribution in [0.4, 0.5) is 0 Å². The maximum absolute atomic E-state index is 6.30. The van der Waals surface area contributed by atoms with E-state index in [0.717, 1.165) is 36.5 Å². The lowest BCUT2D eigenvalue weighted by Crippen LogP contribution is -2.19. The van der Waals surface area contributed by atoms with Gasteiger partial charge in [-0.3, -0.25) is 0 Å². The summed E-state index contributed by atoms with van der Waals surface area (Å²) in [6, 6.07) is 11.9. The van der Waals surface area contributed by atoms with Crippen molar-refractivity contribution < 1.29 is 0 Å². The van der Waals surface area contributed by atoms with Crippen LogP contribution in [0.3, 0.4) is 0 Å². The minimum atomic E-state index is 0.110. The van der Waals surface area contributed by atoms with Crippen molar-refractivity contribution in [3.05, 3.63) is 66.5 Å². The molecule has 1 nitrogen and oxygen atoms in total. The Kier molecular flexibility index (Phi) is 5.94. The zero-order chi connectivity index (χ0) is 14.7. The summed E-state index contributed by atoms with van der Waals surface area (Å²) in [5, 5.41) is 4.81. The van der Waals surface area contributed by atoms with Crippen LogP contribution in [0.5, 0.6) is 0 Å². The van der Waals surface area contributed by atoms with Crippen LogP contribution >= 0.6 is 55.1 Å². The summed E-state index contributed by atoms with van der Waals surface area (Å²) in [7, 11) is 1.93. The van der Waals surface area contributed by atoms with Gasteiger partial charge < -0.3 is 5.32 Å². The second-order valence-electron chi connectivity index (χ2n) is 4.45. The standard InChI is InChI=1S/C15H13Br2Cl2N/c1-20-15(12-7-10(16)4-5-13(12)18)6-9-2-3-11(17)8-14(9)19/h2-5,7-8,15,20H,6H2,1H3. The lowest BCUT2D eigenvalue weighted by atomic mass is 9.99. The van der Waals surface area contributed by atoms with Crippen molar-refractivity contribution in [2.45, 2.75) is 12.5 Å². The van der Waals surface area contributed by atoms with E-state index in [1.165, 1.54) is 0 Å². The van der Waals surface area contributed by atoms with Crippen molar-refractivity contribution in [3.63, 3.8) is 0 Å². The SMILES string of the molecule is CNC(Cc1ccc(Br)cc1Cl)c1cc(Br)ccc1Cl. The number of nitrogens with one attached hydrogen (secondary N) is 1. The summed E-state index contributed by atoms with van der Waals surface area (Å²) in [5.41, 5.74) is 2.15. The molecule has 0 aliphatic heterocycles. The molecular weight excluding hydrogens is 425 g/mol. The maximum Gasteiger partial charge on any atom is 0.0454 e. The molecule has 0 bridgehead atoms. The van der Waals surface area contributed by atoms with Gasteiger partial charge in [0.25, 0.3) is 0 Å². The number of hydrogen-bond donors (Lipinski definition) is 1. The molecule has 1 unspecified atom stereocenters. The summed E-state index contributed by atoms with van der Waals surface area (Å²) in [6.07, 6.45) is 0.777. The molecule has 0 saturated carbocycles.